The van der Waals surface area contributed by atoms with Crippen molar-refractivity contribution in [3.63, 3.8) is 0 Å². The average Bonchev–Trinajstić information content (AvgIpc) is 1.56. The molecule has 25 rings (SSSR count). The largest absolute Gasteiger partial charge is 0.265 e. The molecule has 10 aliphatic rings. The summed E-state index contributed by atoms with van der Waals surface area (Å²) in [6.45, 7) is 0. The highest BCUT2D eigenvalue weighted by molar-refractivity contribution is 6.23. The highest BCUT2D eigenvalue weighted by atomic mass is 14.7. The van der Waals surface area contributed by atoms with E-state index in [9.17, 15) is 0 Å². The molecule has 0 radical (unpaired) electrons. The topological polar surface area (TPSA) is 12.9 Å². The first-order valence-corrected chi connectivity index (χ1v) is 36.8. The van der Waals surface area contributed by atoms with Gasteiger partial charge in [0.1, 0.15) is 0 Å². The molecule has 1 heteroatoms. The summed E-state index contributed by atoms with van der Waals surface area (Å²) in [5.74, 6) is 6.82. The fourth-order valence-electron chi connectivity index (χ4n) is 23.7. The quantitative estimate of drug-likeness (QED) is 0.124. The fourth-order valence-corrected chi connectivity index (χ4v) is 23.7. The van der Waals surface area contributed by atoms with E-state index in [0.29, 0.717) is 0 Å². The summed E-state index contributed by atoms with van der Waals surface area (Å²) in [6, 6.07) is 104. The van der Waals surface area contributed by atoms with Crippen molar-refractivity contribution < 1.29 is 0 Å². The molecule has 0 amide bonds. The number of benzene rings is 14. The third-order valence-corrected chi connectivity index (χ3v) is 26.8. The van der Waals surface area contributed by atoms with Crippen molar-refractivity contribution in [1.82, 2.24) is 4.98 Å². The molecular formula is C97H75N. The van der Waals surface area contributed by atoms with E-state index in [2.05, 4.69) is 278 Å². The Kier molecular flexibility index (Phi) is 12.1. The summed E-state index contributed by atoms with van der Waals surface area (Å²) in [5, 5.41) is 15.8. The lowest BCUT2D eigenvalue weighted by molar-refractivity contribution is -0.0399. The van der Waals surface area contributed by atoms with Crippen LogP contribution in [0.15, 0.2) is 285 Å². The van der Waals surface area contributed by atoms with E-state index in [1.54, 1.807) is 22.3 Å². The average molecular weight is 1250 g/mol. The van der Waals surface area contributed by atoms with Crippen molar-refractivity contribution in [1.29, 1.82) is 0 Å². The minimum Gasteiger partial charge on any atom is -0.265 e. The second-order valence-electron chi connectivity index (χ2n) is 31.1. The third-order valence-electron chi connectivity index (χ3n) is 26.8. The second kappa shape index (κ2) is 21.1. The molecule has 1 nitrogen and oxygen atoms in total. The van der Waals surface area contributed by atoms with Gasteiger partial charge in [-0.2, -0.15) is 0 Å². The zero-order chi connectivity index (χ0) is 64.0. The maximum Gasteiger partial charge on any atom is 0.0273 e. The van der Waals surface area contributed by atoms with Crippen LogP contribution in [0.1, 0.15) is 86.5 Å². The number of rotatable bonds is 5. The van der Waals surface area contributed by atoms with Crippen LogP contribution in [0.4, 0.5) is 0 Å². The zero-order valence-electron chi connectivity index (χ0n) is 55.3. The van der Waals surface area contributed by atoms with Gasteiger partial charge in [-0.25, -0.2) is 0 Å². The van der Waals surface area contributed by atoms with Crippen LogP contribution in [0.5, 0.6) is 0 Å². The molecule has 0 aliphatic heterocycles. The van der Waals surface area contributed by atoms with Crippen LogP contribution in [-0.2, 0) is 10.8 Å². The van der Waals surface area contributed by atoms with Gasteiger partial charge in [0.05, 0.1) is 0 Å². The molecule has 10 aliphatic carbocycles. The second-order valence-corrected chi connectivity index (χ2v) is 31.1. The number of hydrogen-bond acceptors (Lipinski definition) is 1. The molecule has 1 aromatic heterocycles. The lowest BCUT2D eigenvalue weighted by Crippen LogP contribution is -2.55. The molecule has 1 heterocycles. The SMILES string of the molecule is c1ccc2c(c1)-c1ccc(-c3c4ccccc4c(-c4ccc(-c5cc6ccccc6c6ccccc56)cc4)c4ccccc34)cc1C21C2CC3CC(C2)CC1C3.c1ccc2c(c1)-c1ccc(-c3c4ccccc4c(-c4ccncc4)c4ccccc34)cc1C21C2CC3CC(C2)CC1C3. The van der Waals surface area contributed by atoms with Crippen LogP contribution in [-0.4, -0.2) is 4.98 Å². The van der Waals surface area contributed by atoms with Crippen LogP contribution in [0, 0.1) is 47.3 Å². The number of aromatic nitrogens is 1. The van der Waals surface area contributed by atoms with E-state index in [4.69, 9.17) is 0 Å². The van der Waals surface area contributed by atoms with Gasteiger partial charge in [-0.15, -0.1) is 0 Å². The molecule has 0 saturated heterocycles. The Bertz CT molecular complexity index is 5680. The summed E-state index contributed by atoms with van der Waals surface area (Å²) in [7, 11) is 0. The van der Waals surface area contributed by atoms with Crippen molar-refractivity contribution in [2.45, 2.75) is 75.0 Å². The van der Waals surface area contributed by atoms with Crippen LogP contribution in [0.3, 0.4) is 0 Å². The molecule has 8 fully saturated rings. The molecular weight excluding hydrogens is 1180 g/mol. The van der Waals surface area contributed by atoms with Gasteiger partial charge in [-0.1, -0.05) is 243 Å². The van der Waals surface area contributed by atoms with Gasteiger partial charge < -0.3 is 0 Å². The van der Waals surface area contributed by atoms with E-state index >= 15 is 0 Å². The molecule has 8 saturated carbocycles. The Labute approximate surface area is 573 Å². The van der Waals surface area contributed by atoms with Gasteiger partial charge >= 0.3 is 0 Å². The standard InChI is InChI=1S/C56H42.C41H33N/c1-2-12-42-38(11-1)32-51(44-14-4-3-13-43(42)44)36-21-23-37(24-22-36)54-47-16-5-7-18-49(47)55(50-19-8-6-17-48(50)54)39-25-26-46-45-15-9-10-20-52(45)56(53(46)33-39)40-28-34-27-35(30-40)31-41(56)29-34;1-3-10-35-33(8-1)39(27-15-17-42-18-16-27)34-9-2-4-11-36(34)40(35)28-13-14-32-31-7-5-6-12-37(31)41(38(32)24-28)29-20-25-19-26(22-29)23-30(41)21-25/h1-26,32-35,40-41H,27-31H2;1-18,24-26,29-30H,19-23H2. The lowest BCUT2D eigenvalue weighted by atomic mass is 9.43. The fraction of sp³-hybridized carbons (Fsp3) is 0.206. The minimum absolute atomic E-state index is 0.152. The zero-order valence-corrected chi connectivity index (χ0v) is 55.3. The van der Waals surface area contributed by atoms with E-state index in [1.807, 2.05) is 12.4 Å². The van der Waals surface area contributed by atoms with Crippen molar-refractivity contribution >= 4 is 64.6 Å². The highest BCUT2D eigenvalue weighted by Crippen LogP contribution is 2.72. The predicted octanol–water partition coefficient (Wildman–Crippen LogP) is 25.5. The third kappa shape index (κ3) is 7.77. The van der Waals surface area contributed by atoms with Crippen molar-refractivity contribution in [2.24, 2.45) is 47.3 Å². The molecule has 15 aromatic rings. The van der Waals surface area contributed by atoms with E-state index in [1.165, 1.54) is 207 Å². The van der Waals surface area contributed by atoms with Crippen LogP contribution in [0.2, 0.25) is 0 Å². The minimum atomic E-state index is 0.152. The van der Waals surface area contributed by atoms with E-state index < -0.39 is 0 Å². The van der Waals surface area contributed by atoms with E-state index in [0.717, 1.165) is 47.3 Å². The van der Waals surface area contributed by atoms with Gasteiger partial charge in [0.15, 0.2) is 0 Å². The molecule has 98 heavy (non-hydrogen) atoms. The van der Waals surface area contributed by atoms with Gasteiger partial charge in [-0.05, 0) is 307 Å². The van der Waals surface area contributed by atoms with Gasteiger partial charge in [0, 0.05) is 23.2 Å². The molecule has 468 valence electrons. The first-order valence-electron chi connectivity index (χ1n) is 36.8. The first kappa shape index (κ1) is 55.9. The van der Waals surface area contributed by atoms with Crippen LogP contribution in [0.25, 0.3) is 143 Å². The lowest BCUT2D eigenvalue weighted by Gasteiger charge is -2.61. The number of hydrogen-bond donors (Lipinski definition) is 0. The Hall–Kier alpha value is -10.2. The Morgan fingerprint density at radius 3 is 0.939 bits per heavy atom. The summed E-state index contributed by atoms with van der Waals surface area (Å²) in [4.78, 5) is 4.32. The molecule has 2 spiro atoms. The van der Waals surface area contributed by atoms with Gasteiger partial charge in [-0.3, -0.25) is 4.98 Å². The Morgan fingerprint density at radius 1 is 0.214 bits per heavy atom. The highest BCUT2D eigenvalue weighted by Gasteiger charge is 2.63. The van der Waals surface area contributed by atoms with Crippen LogP contribution >= 0.6 is 0 Å². The number of fused-ring (bicyclic) bond motifs is 13. The maximum absolute atomic E-state index is 4.32. The smallest absolute Gasteiger partial charge is 0.0273 e. The number of pyridine rings is 1. The summed E-state index contributed by atoms with van der Waals surface area (Å²) < 4.78 is 0. The van der Waals surface area contributed by atoms with E-state index in [-0.39, 0.29) is 10.8 Å². The van der Waals surface area contributed by atoms with Crippen molar-refractivity contribution in [3.05, 3.63) is 308 Å². The van der Waals surface area contributed by atoms with Crippen molar-refractivity contribution in [2.75, 3.05) is 0 Å². The normalized spacial score (nSPS) is 24.6. The van der Waals surface area contributed by atoms with Gasteiger partial charge in [0.25, 0.3) is 0 Å². The Balaban J connectivity index is 0.000000131. The first-order chi connectivity index (χ1) is 48.5. The predicted molar refractivity (Wildman–Crippen MR) is 409 cm³/mol. The van der Waals surface area contributed by atoms with Gasteiger partial charge in [0.2, 0.25) is 0 Å². The summed E-state index contributed by atoms with van der Waals surface area (Å²) >= 11 is 0. The van der Waals surface area contributed by atoms with Crippen molar-refractivity contribution in [3.8, 4) is 77.9 Å². The number of nitrogens with zero attached hydrogens (tertiary/aromatic N) is 1. The molecule has 14 aromatic carbocycles. The summed E-state index contributed by atoms with van der Waals surface area (Å²) in [5.41, 5.74) is 25.9. The molecule has 0 N–H and O–H groups in total. The summed E-state index contributed by atoms with van der Waals surface area (Å²) in [6.07, 6.45) is 18.1. The maximum atomic E-state index is 4.32. The Morgan fingerprint density at radius 2 is 0.520 bits per heavy atom. The molecule has 0 atom stereocenters. The van der Waals surface area contributed by atoms with Crippen LogP contribution < -0.4 is 0 Å². The molecule has 8 bridgehead atoms. The molecule has 0 unspecified atom stereocenters. The monoisotopic (exact) mass is 1250 g/mol.